The number of hydrogen-bond acceptors (Lipinski definition) is 3. The van der Waals surface area contributed by atoms with E-state index < -0.39 is 0 Å². The summed E-state index contributed by atoms with van der Waals surface area (Å²) in [4.78, 5) is 1.42. The van der Waals surface area contributed by atoms with E-state index in [4.69, 9.17) is 0 Å². The number of aliphatic hydroxyl groups is 1. The lowest BCUT2D eigenvalue weighted by Crippen LogP contribution is -2.01. The minimum Gasteiger partial charge on any atom is -0.388 e. The average Bonchev–Trinajstić information content (AvgIpc) is 2.88. The summed E-state index contributed by atoms with van der Waals surface area (Å²) >= 11 is 3.61. The van der Waals surface area contributed by atoms with Crippen molar-refractivity contribution in [2.45, 2.75) is 12.5 Å². The fourth-order valence-corrected chi connectivity index (χ4v) is 3.38. The molecule has 0 radical (unpaired) electrons. The van der Waals surface area contributed by atoms with Gasteiger partial charge in [-0.05, 0) is 29.2 Å². The van der Waals surface area contributed by atoms with Crippen LogP contribution in [0.25, 0.3) is 0 Å². The predicted octanol–water partition coefficient (Wildman–Crippen LogP) is 3.76. The minimum atomic E-state index is -0.343. The van der Waals surface area contributed by atoms with E-state index in [0.29, 0.717) is 0 Å². The lowest BCUT2D eigenvalue weighted by Gasteiger charge is -2.09. The Bertz CT molecular complexity index is 411. The van der Waals surface area contributed by atoms with E-state index in [0.717, 1.165) is 23.5 Å². The molecular formula is C14H16OS2. The molecule has 0 aliphatic carbocycles. The summed E-state index contributed by atoms with van der Waals surface area (Å²) in [5, 5.41) is 12.1. The van der Waals surface area contributed by atoms with Gasteiger partial charge in [-0.25, -0.2) is 0 Å². The Labute approximate surface area is 111 Å². The molecule has 0 fully saturated rings. The van der Waals surface area contributed by atoms with Crippen molar-refractivity contribution in [2.75, 3.05) is 11.5 Å². The van der Waals surface area contributed by atoms with Gasteiger partial charge >= 0.3 is 0 Å². The molecule has 0 saturated heterocycles. The topological polar surface area (TPSA) is 20.2 Å². The molecule has 1 nitrogen and oxygen atoms in total. The van der Waals surface area contributed by atoms with E-state index in [1.807, 2.05) is 42.1 Å². The first-order valence-corrected chi connectivity index (χ1v) is 7.73. The lowest BCUT2D eigenvalue weighted by atomic mass is 10.1. The SMILES string of the molecule is OC(CSCCc1cccs1)c1ccccc1. The van der Waals surface area contributed by atoms with Crippen LogP contribution >= 0.6 is 23.1 Å². The molecule has 0 bridgehead atoms. The van der Waals surface area contributed by atoms with E-state index in [9.17, 15) is 5.11 Å². The minimum absolute atomic E-state index is 0.343. The quantitative estimate of drug-likeness (QED) is 0.802. The second kappa shape index (κ2) is 6.84. The molecule has 3 heteroatoms. The zero-order chi connectivity index (χ0) is 11.9. The number of aliphatic hydroxyl groups excluding tert-OH is 1. The smallest absolute Gasteiger partial charge is 0.0880 e. The molecule has 0 aliphatic rings. The van der Waals surface area contributed by atoms with Crippen LogP contribution in [0.4, 0.5) is 0 Å². The predicted molar refractivity (Wildman–Crippen MR) is 76.7 cm³/mol. The Hall–Kier alpha value is -0.770. The first kappa shape index (κ1) is 12.7. The Kier molecular flexibility index (Phi) is 5.10. The molecule has 1 N–H and O–H groups in total. The fourth-order valence-electron chi connectivity index (χ4n) is 1.59. The number of hydrogen-bond donors (Lipinski definition) is 1. The van der Waals surface area contributed by atoms with Crippen molar-refractivity contribution in [3.8, 4) is 0 Å². The summed E-state index contributed by atoms with van der Waals surface area (Å²) in [5.74, 6) is 1.85. The highest BCUT2D eigenvalue weighted by Crippen LogP contribution is 2.19. The summed E-state index contributed by atoms with van der Waals surface area (Å²) in [5.41, 5.74) is 1.01. The summed E-state index contributed by atoms with van der Waals surface area (Å²) in [6, 6.07) is 14.1. The van der Waals surface area contributed by atoms with Crippen molar-refractivity contribution in [3.63, 3.8) is 0 Å². The van der Waals surface area contributed by atoms with Gasteiger partial charge in [0.25, 0.3) is 0 Å². The van der Waals surface area contributed by atoms with Gasteiger partial charge in [0, 0.05) is 10.6 Å². The van der Waals surface area contributed by atoms with Crippen LogP contribution in [-0.2, 0) is 6.42 Å². The number of rotatable bonds is 6. The fraction of sp³-hybridized carbons (Fsp3) is 0.286. The molecule has 1 aromatic heterocycles. The normalized spacial score (nSPS) is 12.5. The molecule has 0 saturated carbocycles. The third kappa shape index (κ3) is 4.19. The number of benzene rings is 1. The molecule has 0 spiro atoms. The number of thiophene rings is 1. The van der Waals surface area contributed by atoms with Crippen molar-refractivity contribution in [3.05, 3.63) is 58.3 Å². The van der Waals surface area contributed by atoms with Gasteiger partial charge in [-0.2, -0.15) is 11.8 Å². The van der Waals surface area contributed by atoms with Crippen molar-refractivity contribution >= 4 is 23.1 Å². The molecular weight excluding hydrogens is 248 g/mol. The molecule has 1 heterocycles. The molecule has 0 aliphatic heterocycles. The summed E-state index contributed by atoms with van der Waals surface area (Å²) in [6.07, 6.45) is 0.758. The summed E-state index contributed by atoms with van der Waals surface area (Å²) in [6.45, 7) is 0. The van der Waals surface area contributed by atoms with Crippen molar-refractivity contribution in [2.24, 2.45) is 0 Å². The highest BCUT2D eigenvalue weighted by Gasteiger charge is 2.06. The maximum absolute atomic E-state index is 9.96. The molecule has 2 aromatic rings. The van der Waals surface area contributed by atoms with Gasteiger partial charge in [0.15, 0.2) is 0 Å². The van der Waals surface area contributed by atoms with Gasteiger partial charge in [0.1, 0.15) is 0 Å². The zero-order valence-electron chi connectivity index (χ0n) is 9.58. The third-order valence-corrected chi connectivity index (χ3v) is 4.51. The number of thioether (sulfide) groups is 1. The molecule has 1 unspecified atom stereocenters. The Morgan fingerprint density at radius 1 is 1.12 bits per heavy atom. The van der Waals surface area contributed by atoms with Crippen LogP contribution in [0.15, 0.2) is 47.8 Å². The second-order valence-electron chi connectivity index (χ2n) is 3.83. The van der Waals surface area contributed by atoms with E-state index >= 15 is 0 Å². The molecule has 1 atom stereocenters. The van der Waals surface area contributed by atoms with E-state index in [1.165, 1.54) is 4.88 Å². The van der Waals surface area contributed by atoms with E-state index in [-0.39, 0.29) is 6.10 Å². The maximum Gasteiger partial charge on any atom is 0.0880 e. The van der Waals surface area contributed by atoms with Gasteiger partial charge in [0.2, 0.25) is 0 Å². The number of aryl methyl sites for hydroxylation is 1. The highest BCUT2D eigenvalue weighted by molar-refractivity contribution is 7.99. The van der Waals surface area contributed by atoms with Crippen LogP contribution in [0.3, 0.4) is 0 Å². The van der Waals surface area contributed by atoms with Crippen molar-refractivity contribution in [1.82, 2.24) is 0 Å². The summed E-state index contributed by atoms with van der Waals surface area (Å²) in [7, 11) is 0. The van der Waals surface area contributed by atoms with Crippen LogP contribution in [0.5, 0.6) is 0 Å². The van der Waals surface area contributed by atoms with Gasteiger partial charge in [-0.3, -0.25) is 0 Å². The zero-order valence-corrected chi connectivity index (χ0v) is 11.2. The molecule has 0 amide bonds. The molecule has 1 aromatic carbocycles. The van der Waals surface area contributed by atoms with Crippen LogP contribution in [0.1, 0.15) is 16.5 Å². The summed E-state index contributed by atoms with van der Waals surface area (Å²) < 4.78 is 0. The maximum atomic E-state index is 9.96. The van der Waals surface area contributed by atoms with E-state index in [2.05, 4.69) is 17.5 Å². The van der Waals surface area contributed by atoms with Gasteiger partial charge in [-0.1, -0.05) is 36.4 Å². The Morgan fingerprint density at radius 2 is 1.94 bits per heavy atom. The monoisotopic (exact) mass is 264 g/mol. The average molecular weight is 264 g/mol. The van der Waals surface area contributed by atoms with Crippen LogP contribution < -0.4 is 0 Å². The van der Waals surface area contributed by atoms with Crippen LogP contribution in [-0.4, -0.2) is 16.6 Å². The molecule has 17 heavy (non-hydrogen) atoms. The van der Waals surface area contributed by atoms with E-state index in [1.54, 1.807) is 11.3 Å². The van der Waals surface area contributed by atoms with Crippen molar-refractivity contribution < 1.29 is 5.11 Å². The van der Waals surface area contributed by atoms with Gasteiger partial charge in [-0.15, -0.1) is 11.3 Å². The van der Waals surface area contributed by atoms with Crippen LogP contribution in [0, 0.1) is 0 Å². The standard InChI is InChI=1S/C14H16OS2/c15-14(12-5-2-1-3-6-12)11-16-10-8-13-7-4-9-17-13/h1-7,9,14-15H,8,10-11H2. The van der Waals surface area contributed by atoms with Gasteiger partial charge in [0.05, 0.1) is 6.10 Å². The third-order valence-electron chi connectivity index (χ3n) is 2.53. The molecule has 2 rings (SSSR count). The van der Waals surface area contributed by atoms with Crippen molar-refractivity contribution in [1.29, 1.82) is 0 Å². The van der Waals surface area contributed by atoms with Crippen LogP contribution in [0.2, 0.25) is 0 Å². The lowest BCUT2D eigenvalue weighted by molar-refractivity contribution is 0.204. The Balaban J connectivity index is 1.68. The second-order valence-corrected chi connectivity index (χ2v) is 6.01. The highest BCUT2D eigenvalue weighted by atomic mass is 32.2. The first-order valence-electron chi connectivity index (χ1n) is 5.69. The Morgan fingerprint density at radius 3 is 2.65 bits per heavy atom. The molecule has 90 valence electrons. The largest absolute Gasteiger partial charge is 0.388 e. The van der Waals surface area contributed by atoms with Gasteiger partial charge < -0.3 is 5.11 Å². The first-order chi connectivity index (χ1) is 8.36.